The van der Waals surface area contributed by atoms with Crippen molar-refractivity contribution < 1.29 is 9.53 Å². The summed E-state index contributed by atoms with van der Waals surface area (Å²) in [6.07, 6.45) is 6.19. The summed E-state index contributed by atoms with van der Waals surface area (Å²) >= 11 is 8.15. The largest absolute Gasteiger partial charge is 0.376 e. The highest BCUT2D eigenvalue weighted by atomic mass is 35.5. The average molecular weight is 508 g/mol. The number of hydrogen-bond acceptors (Lipinski definition) is 5. The molecule has 1 atom stereocenters. The molecule has 3 aliphatic heterocycles. The Morgan fingerprint density at radius 2 is 2.03 bits per heavy atom. The fourth-order valence-electron chi connectivity index (χ4n) is 4.80. The molecular formula is C28H30ClN3O2S. The molecule has 0 N–H and O–H groups in total. The van der Waals surface area contributed by atoms with Crippen molar-refractivity contribution in [2.24, 2.45) is 4.99 Å². The van der Waals surface area contributed by atoms with Crippen molar-refractivity contribution >= 4 is 57.5 Å². The predicted molar refractivity (Wildman–Crippen MR) is 147 cm³/mol. The maximum absolute atomic E-state index is 13.5. The van der Waals surface area contributed by atoms with Gasteiger partial charge in [-0.3, -0.25) is 9.69 Å². The van der Waals surface area contributed by atoms with Crippen molar-refractivity contribution in [3.8, 4) is 0 Å². The molecule has 35 heavy (non-hydrogen) atoms. The van der Waals surface area contributed by atoms with E-state index in [0.717, 1.165) is 42.0 Å². The molecule has 2 aromatic carbocycles. The molecule has 2 fully saturated rings. The summed E-state index contributed by atoms with van der Waals surface area (Å²) in [6, 6.07) is 13.8. The molecular weight excluding hydrogens is 478 g/mol. The quantitative estimate of drug-likeness (QED) is 0.429. The number of amidine groups is 1. The molecule has 5 rings (SSSR count). The van der Waals surface area contributed by atoms with Gasteiger partial charge in [0.15, 0.2) is 5.17 Å². The second kappa shape index (κ2) is 9.49. The van der Waals surface area contributed by atoms with Gasteiger partial charge >= 0.3 is 0 Å². The third-order valence-electron chi connectivity index (χ3n) is 6.90. The number of carbonyl (C=O) groups is 1. The number of hydrogen-bond donors (Lipinski definition) is 0. The minimum Gasteiger partial charge on any atom is -0.376 e. The standard InChI is InChI=1S/C28H30ClN3O2S/c1-18-16-28(2,3)31(4)24-15-23(29)19(13-22(18)24)14-25-26(33)32(17-21-11-8-12-34-21)27(35-25)30-20-9-6-5-7-10-20/h5-7,9-10,13-16,21H,8,11-12,17H2,1-4H3/b25-14+,30-27?. The third-order valence-corrected chi connectivity index (χ3v) is 8.24. The first kappa shape index (κ1) is 24.2. The Bertz CT molecular complexity index is 1250. The molecule has 3 heterocycles. The molecule has 5 nitrogen and oxygen atoms in total. The number of ether oxygens (including phenoxy) is 1. The Labute approximate surface area is 216 Å². The highest BCUT2D eigenvalue weighted by molar-refractivity contribution is 8.18. The number of anilines is 1. The highest BCUT2D eigenvalue weighted by Crippen LogP contribution is 2.42. The summed E-state index contributed by atoms with van der Waals surface area (Å²) in [6.45, 7) is 7.76. The number of thioether (sulfide) groups is 1. The van der Waals surface area contributed by atoms with E-state index < -0.39 is 0 Å². The van der Waals surface area contributed by atoms with E-state index in [9.17, 15) is 4.79 Å². The molecule has 2 aromatic rings. The second-order valence-corrected chi connectivity index (χ2v) is 11.2. The molecule has 0 spiro atoms. The summed E-state index contributed by atoms with van der Waals surface area (Å²) in [5.74, 6) is -0.0560. The van der Waals surface area contributed by atoms with Crippen molar-refractivity contribution in [2.45, 2.75) is 45.3 Å². The van der Waals surface area contributed by atoms with Crippen LogP contribution in [0, 0.1) is 0 Å². The van der Waals surface area contributed by atoms with Gasteiger partial charge in [0, 0.05) is 29.9 Å². The van der Waals surface area contributed by atoms with Gasteiger partial charge in [0.1, 0.15) is 0 Å². The van der Waals surface area contributed by atoms with Gasteiger partial charge in [-0.1, -0.05) is 35.9 Å². The van der Waals surface area contributed by atoms with Gasteiger partial charge in [0.25, 0.3) is 5.91 Å². The van der Waals surface area contributed by atoms with Gasteiger partial charge in [0.2, 0.25) is 0 Å². The maximum atomic E-state index is 13.5. The Kier molecular flexibility index (Phi) is 6.55. The summed E-state index contributed by atoms with van der Waals surface area (Å²) < 4.78 is 5.83. The van der Waals surface area contributed by atoms with Crippen molar-refractivity contribution in [2.75, 3.05) is 25.1 Å². The molecule has 1 amide bonds. The first-order valence-electron chi connectivity index (χ1n) is 12.0. The lowest BCUT2D eigenvalue weighted by molar-refractivity contribution is -0.123. The fraction of sp³-hybridized carbons (Fsp3) is 0.357. The van der Waals surface area contributed by atoms with E-state index in [2.05, 4.69) is 44.9 Å². The van der Waals surface area contributed by atoms with Crippen LogP contribution < -0.4 is 4.90 Å². The lowest BCUT2D eigenvalue weighted by atomic mass is 9.88. The number of halogens is 1. The zero-order chi connectivity index (χ0) is 24.7. The number of carbonyl (C=O) groups excluding carboxylic acids is 1. The summed E-state index contributed by atoms with van der Waals surface area (Å²) in [5, 5.41) is 1.30. The molecule has 7 heteroatoms. The van der Waals surface area contributed by atoms with Gasteiger partial charge in [-0.2, -0.15) is 0 Å². The van der Waals surface area contributed by atoms with Crippen LogP contribution in [0.4, 0.5) is 11.4 Å². The van der Waals surface area contributed by atoms with Crippen molar-refractivity contribution in [3.63, 3.8) is 0 Å². The Morgan fingerprint density at radius 3 is 2.74 bits per heavy atom. The smallest absolute Gasteiger partial charge is 0.266 e. The van der Waals surface area contributed by atoms with Gasteiger partial charge in [0.05, 0.1) is 28.8 Å². The Morgan fingerprint density at radius 1 is 1.26 bits per heavy atom. The van der Waals surface area contributed by atoms with E-state index >= 15 is 0 Å². The van der Waals surface area contributed by atoms with E-state index in [1.165, 1.54) is 17.3 Å². The van der Waals surface area contributed by atoms with E-state index in [-0.39, 0.29) is 17.6 Å². The van der Waals surface area contributed by atoms with Gasteiger partial charge in [-0.25, -0.2) is 4.99 Å². The van der Waals surface area contributed by atoms with Crippen LogP contribution in [0.15, 0.2) is 58.4 Å². The average Bonchev–Trinajstić information content (AvgIpc) is 3.43. The minimum atomic E-state index is -0.0940. The molecule has 0 aromatic heterocycles. The van der Waals surface area contributed by atoms with Crippen molar-refractivity contribution in [1.29, 1.82) is 0 Å². The zero-order valence-electron chi connectivity index (χ0n) is 20.5. The topological polar surface area (TPSA) is 45.1 Å². The van der Waals surface area contributed by atoms with Gasteiger partial charge < -0.3 is 9.64 Å². The molecule has 0 aliphatic carbocycles. The number of likely N-dealkylation sites (N-methyl/N-ethyl adjacent to an activating group) is 1. The van der Waals surface area contributed by atoms with Crippen molar-refractivity contribution in [1.82, 2.24) is 4.90 Å². The molecule has 0 bridgehead atoms. The monoisotopic (exact) mass is 507 g/mol. The van der Waals surface area contributed by atoms with Crippen LogP contribution in [-0.2, 0) is 9.53 Å². The third kappa shape index (κ3) is 4.80. The zero-order valence-corrected chi connectivity index (χ0v) is 22.1. The molecule has 0 radical (unpaired) electrons. The fourth-order valence-corrected chi connectivity index (χ4v) is 6.01. The Hall–Kier alpha value is -2.54. The molecule has 2 saturated heterocycles. The minimum absolute atomic E-state index is 0.0406. The first-order chi connectivity index (χ1) is 16.7. The van der Waals surface area contributed by atoms with Crippen LogP contribution >= 0.6 is 23.4 Å². The van der Waals surface area contributed by atoms with Crippen LogP contribution in [0.1, 0.15) is 44.7 Å². The van der Waals surface area contributed by atoms with Crippen LogP contribution in [-0.4, -0.2) is 47.8 Å². The van der Waals surface area contributed by atoms with Crippen LogP contribution in [0.2, 0.25) is 5.02 Å². The number of nitrogens with zero attached hydrogens (tertiary/aromatic N) is 3. The number of benzene rings is 2. The molecule has 1 unspecified atom stereocenters. The summed E-state index contributed by atoms with van der Waals surface area (Å²) in [7, 11) is 2.09. The van der Waals surface area contributed by atoms with Crippen LogP contribution in [0.25, 0.3) is 11.6 Å². The number of amides is 1. The molecule has 3 aliphatic rings. The van der Waals surface area contributed by atoms with Crippen LogP contribution in [0.5, 0.6) is 0 Å². The number of fused-ring (bicyclic) bond motifs is 1. The molecule has 0 saturated carbocycles. The maximum Gasteiger partial charge on any atom is 0.266 e. The van der Waals surface area contributed by atoms with E-state index in [4.69, 9.17) is 21.3 Å². The van der Waals surface area contributed by atoms with Crippen molar-refractivity contribution in [3.05, 3.63) is 69.6 Å². The number of aliphatic imine (C=N–C) groups is 1. The lowest BCUT2D eigenvalue weighted by Crippen LogP contribution is -2.42. The second-order valence-electron chi connectivity index (χ2n) is 9.82. The van der Waals surface area contributed by atoms with E-state index in [1.54, 1.807) is 4.90 Å². The van der Waals surface area contributed by atoms with Crippen LogP contribution in [0.3, 0.4) is 0 Å². The van der Waals surface area contributed by atoms with E-state index in [0.29, 0.717) is 21.6 Å². The summed E-state index contributed by atoms with van der Waals surface area (Å²) in [5.41, 5.74) is 4.99. The SMILES string of the molecule is CC1=CC(C)(C)N(C)c2cc(Cl)c(/C=C3/SC(=Nc4ccccc4)N(CC4CCCO4)C3=O)cc21. The lowest BCUT2D eigenvalue weighted by Gasteiger charge is -2.40. The number of rotatable bonds is 4. The van der Waals surface area contributed by atoms with Gasteiger partial charge in [-0.05, 0) is 86.9 Å². The predicted octanol–water partition coefficient (Wildman–Crippen LogP) is 6.75. The normalized spacial score (nSPS) is 23.9. The Balaban J connectivity index is 1.51. The van der Waals surface area contributed by atoms with Gasteiger partial charge in [-0.15, -0.1) is 0 Å². The molecule has 182 valence electrons. The van der Waals surface area contributed by atoms with E-state index in [1.807, 2.05) is 42.5 Å². The number of para-hydroxylation sites is 1. The first-order valence-corrected chi connectivity index (χ1v) is 13.2. The summed E-state index contributed by atoms with van der Waals surface area (Å²) in [4.78, 5) is 22.9. The number of allylic oxidation sites excluding steroid dienone is 1. The highest BCUT2D eigenvalue weighted by Gasteiger charge is 2.36.